The summed E-state index contributed by atoms with van der Waals surface area (Å²) in [6.45, 7) is 1.85. The van der Waals surface area contributed by atoms with Crippen LogP contribution in [0.4, 0.5) is 0 Å². The highest BCUT2D eigenvalue weighted by Crippen LogP contribution is 2.28. The van der Waals surface area contributed by atoms with E-state index in [1.165, 1.54) is 14.0 Å². The van der Waals surface area contributed by atoms with Crippen molar-refractivity contribution in [1.82, 2.24) is 9.66 Å². The Morgan fingerprint density at radius 3 is 2.74 bits per heavy atom. The Labute approximate surface area is 156 Å². The predicted octanol–water partition coefficient (Wildman–Crippen LogP) is 3.18. The van der Waals surface area contributed by atoms with Gasteiger partial charge in [0.05, 0.1) is 24.8 Å². The lowest BCUT2D eigenvalue weighted by Gasteiger charge is -2.12. The number of rotatable bonds is 8. The highest BCUT2D eigenvalue weighted by atomic mass is 16.5. The van der Waals surface area contributed by atoms with Crippen LogP contribution >= 0.6 is 0 Å². The summed E-state index contributed by atoms with van der Waals surface area (Å²) in [7, 11) is 1.52. The van der Waals surface area contributed by atoms with Crippen molar-refractivity contribution < 1.29 is 19.1 Å². The summed E-state index contributed by atoms with van der Waals surface area (Å²) in [5.74, 6) is 0.879. The Bertz CT molecular complexity index is 965. The summed E-state index contributed by atoms with van der Waals surface area (Å²) in [6.07, 6.45) is 2.43. The molecule has 0 aliphatic carbocycles. The number of hydrogen-bond acceptors (Lipinski definition) is 5. The molecule has 1 heterocycles. The smallest absolute Gasteiger partial charge is 0.238 e. The maximum Gasteiger partial charge on any atom is 0.238 e. The molecule has 0 aliphatic rings. The molecule has 1 aromatic heterocycles. The molecule has 140 valence electrons. The number of fused-ring (bicyclic) bond motifs is 1. The van der Waals surface area contributed by atoms with Gasteiger partial charge in [0.2, 0.25) is 5.91 Å². The fourth-order valence-electron chi connectivity index (χ4n) is 2.66. The van der Waals surface area contributed by atoms with Crippen LogP contribution in [-0.4, -0.2) is 35.1 Å². The van der Waals surface area contributed by atoms with Crippen LogP contribution in [0.25, 0.3) is 11.0 Å². The van der Waals surface area contributed by atoms with E-state index in [9.17, 15) is 9.59 Å². The number of carbonyl (C=O) groups excluding carboxylic acids is 2. The number of aromatic nitrogens is 2. The molecule has 3 rings (SSSR count). The van der Waals surface area contributed by atoms with Gasteiger partial charge in [0.25, 0.3) is 0 Å². The van der Waals surface area contributed by atoms with E-state index in [4.69, 9.17) is 9.47 Å². The molecule has 0 saturated carbocycles. The molecular weight excluding hydrogens is 346 g/mol. The second-order valence-corrected chi connectivity index (χ2v) is 6.01. The van der Waals surface area contributed by atoms with Gasteiger partial charge in [-0.15, -0.1) is 0 Å². The van der Waals surface area contributed by atoms with Crippen molar-refractivity contribution in [2.45, 2.75) is 19.8 Å². The summed E-state index contributed by atoms with van der Waals surface area (Å²) in [4.78, 5) is 27.8. The summed E-state index contributed by atoms with van der Waals surface area (Å²) in [5.41, 5.74) is 5.03. The van der Waals surface area contributed by atoms with Crippen molar-refractivity contribution >= 4 is 22.7 Å². The zero-order valence-corrected chi connectivity index (χ0v) is 15.3. The Morgan fingerprint density at radius 1 is 1.15 bits per heavy atom. The average Bonchev–Trinajstić information content (AvgIpc) is 3.08. The molecule has 27 heavy (non-hydrogen) atoms. The minimum absolute atomic E-state index is 0.0384. The molecule has 1 amide bonds. The molecule has 0 aliphatic heterocycles. The summed E-state index contributed by atoms with van der Waals surface area (Å²) in [5, 5.41) is 0. The van der Waals surface area contributed by atoms with Crippen molar-refractivity contribution in [2.24, 2.45) is 0 Å². The maximum absolute atomic E-state index is 12.1. The lowest BCUT2D eigenvalue weighted by atomic mass is 10.1. The van der Waals surface area contributed by atoms with Gasteiger partial charge in [-0.05, 0) is 43.7 Å². The van der Waals surface area contributed by atoms with E-state index in [2.05, 4.69) is 10.4 Å². The molecule has 2 aromatic carbocycles. The second-order valence-electron chi connectivity index (χ2n) is 6.01. The van der Waals surface area contributed by atoms with Crippen LogP contribution < -0.4 is 14.9 Å². The van der Waals surface area contributed by atoms with Gasteiger partial charge in [-0.2, -0.15) is 0 Å². The molecule has 0 unspecified atom stereocenters. The predicted molar refractivity (Wildman–Crippen MR) is 102 cm³/mol. The summed E-state index contributed by atoms with van der Waals surface area (Å²) in [6, 6.07) is 12.6. The highest BCUT2D eigenvalue weighted by molar-refractivity contribution is 5.94. The number of para-hydroxylation sites is 2. The highest BCUT2D eigenvalue weighted by Gasteiger charge is 2.09. The van der Waals surface area contributed by atoms with Crippen LogP contribution in [0.15, 0.2) is 48.8 Å². The van der Waals surface area contributed by atoms with E-state index in [0.29, 0.717) is 36.5 Å². The number of nitrogens with one attached hydrogen (secondary N) is 1. The number of hydrogen-bond donors (Lipinski definition) is 1. The van der Waals surface area contributed by atoms with E-state index in [1.54, 1.807) is 29.2 Å². The van der Waals surface area contributed by atoms with E-state index in [-0.39, 0.29) is 11.7 Å². The van der Waals surface area contributed by atoms with Crippen molar-refractivity contribution in [1.29, 1.82) is 0 Å². The van der Waals surface area contributed by atoms with Gasteiger partial charge in [0.15, 0.2) is 17.3 Å². The molecule has 1 N–H and O–H groups in total. The van der Waals surface area contributed by atoms with Crippen LogP contribution in [0.5, 0.6) is 11.5 Å². The molecule has 0 spiro atoms. The van der Waals surface area contributed by atoms with Gasteiger partial charge in [-0.25, -0.2) is 9.66 Å². The molecular formula is C20H21N3O4. The van der Waals surface area contributed by atoms with Gasteiger partial charge >= 0.3 is 0 Å². The largest absolute Gasteiger partial charge is 0.493 e. The number of amides is 1. The van der Waals surface area contributed by atoms with Crippen LogP contribution in [0.1, 0.15) is 30.1 Å². The number of ether oxygens (including phenoxy) is 2. The van der Waals surface area contributed by atoms with E-state index >= 15 is 0 Å². The third kappa shape index (κ3) is 4.44. The minimum atomic E-state index is -0.124. The summed E-state index contributed by atoms with van der Waals surface area (Å²) >= 11 is 0. The van der Waals surface area contributed by atoms with Crippen molar-refractivity contribution in [3.8, 4) is 11.5 Å². The van der Waals surface area contributed by atoms with Gasteiger partial charge < -0.3 is 9.47 Å². The fraction of sp³-hybridized carbons (Fsp3) is 0.250. The molecule has 7 nitrogen and oxygen atoms in total. The first-order chi connectivity index (χ1) is 13.1. The fourth-order valence-corrected chi connectivity index (χ4v) is 2.66. The van der Waals surface area contributed by atoms with Crippen LogP contribution in [0.3, 0.4) is 0 Å². The van der Waals surface area contributed by atoms with E-state index < -0.39 is 0 Å². The summed E-state index contributed by atoms with van der Waals surface area (Å²) < 4.78 is 12.6. The normalized spacial score (nSPS) is 10.6. The Kier molecular flexibility index (Phi) is 5.71. The number of benzene rings is 2. The Morgan fingerprint density at radius 2 is 1.96 bits per heavy atom. The number of imidazole rings is 1. The third-order valence-corrected chi connectivity index (χ3v) is 4.07. The quantitative estimate of drug-likeness (QED) is 0.488. The zero-order valence-electron chi connectivity index (χ0n) is 15.3. The van der Waals surface area contributed by atoms with Crippen molar-refractivity contribution in [3.05, 3.63) is 54.4 Å². The van der Waals surface area contributed by atoms with Crippen molar-refractivity contribution in [3.63, 3.8) is 0 Å². The van der Waals surface area contributed by atoms with Gasteiger partial charge in [-0.3, -0.25) is 15.0 Å². The maximum atomic E-state index is 12.1. The van der Waals surface area contributed by atoms with E-state index in [1.807, 2.05) is 24.3 Å². The van der Waals surface area contributed by atoms with Gasteiger partial charge in [0.1, 0.15) is 6.33 Å². The second kappa shape index (κ2) is 8.35. The molecule has 0 bridgehead atoms. The van der Waals surface area contributed by atoms with Crippen LogP contribution in [-0.2, 0) is 4.79 Å². The van der Waals surface area contributed by atoms with Gasteiger partial charge in [-0.1, -0.05) is 12.1 Å². The zero-order chi connectivity index (χ0) is 19.2. The molecule has 3 aromatic rings. The van der Waals surface area contributed by atoms with E-state index in [0.717, 1.165) is 11.0 Å². The molecule has 0 radical (unpaired) electrons. The number of carbonyl (C=O) groups is 2. The number of ketones is 1. The number of methoxy groups -OCH3 is 1. The minimum Gasteiger partial charge on any atom is -0.493 e. The van der Waals surface area contributed by atoms with Gasteiger partial charge in [0, 0.05) is 12.0 Å². The first-order valence-corrected chi connectivity index (χ1v) is 8.62. The van der Waals surface area contributed by atoms with Crippen LogP contribution in [0.2, 0.25) is 0 Å². The molecule has 7 heteroatoms. The number of Topliss-reactive ketones (excluding diaryl/α,β-unsaturated/α-hetero) is 1. The average molecular weight is 367 g/mol. The lowest BCUT2D eigenvalue weighted by Crippen LogP contribution is -2.22. The lowest BCUT2D eigenvalue weighted by molar-refractivity contribution is -0.117. The van der Waals surface area contributed by atoms with Crippen molar-refractivity contribution in [2.75, 3.05) is 19.1 Å². The monoisotopic (exact) mass is 367 g/mol. The third-order valence-electron chi connectivity index (χ3n) is 4.07. The SMILES string of the molecule is COc1cc(C(C)=O)ccc1OCCCC(=O)Nn1cnc2ccccc21. The Balaban J connectivity index is 1.50. The van der Waals surface area contributed by atoms with Crippen LogP contribution in [0, 0.1) is 0 Å². The molecule has 0 atom stereocenters. The first-order valence-electron chi connectivity index (χ1n) is 8.62. The Hall–Kier alpha value is -3.35. The number of nitrogens with zero attached hydrogens (tertiary/aromatic N) is 2. The topological polar surface area (TPSA) is 82.5 Å². The molecule has 0 fully saturated rings. The standard InChI is InChI=1S/C20H21N3O4/c1-14(24)15-9-10-18(19(12-15)26-2)27-11-5-8-20(25)22-23-13-21-16-6-3-4-7-17(16)23/h3-4,6-7,9-10,12-13H,5,8,11H2,1-2H3,(H,22,25). The first kappa shape index (κ1) is 18.4. The molecule has 0 saturated heterocycles.